The van der Waals surface area contributed by atoms with Gasteiger partial charge >= 0.3 is 5.97 Å². The first-order chi connectivity index (χ1) is 9.65. The van der Waals surface area contributed by atoms with Crippen molar-refractivity contribution < 1.29 is 14.6 Å². The van der Waals surface area contributed by atoms with E-state index in [0.29, 0.717) is 5.56 Å². The molecular formula is C16H15NO3. The van der Waals surface area contributed by atoms with E-state index < -0.39 is 5.97 Å². The minimum Gasteiger partial charge on any atom is -0.497 e. The maximum absolute atomic E-state index is 11.1. The highest BCUT2D eigenvalue weighted by molar-refractivity contribution is 6.10. The molecule has 4 nitrogen and oxygen atoms in total. The lowest BCUT2D eigenvalue weighted by atomic mass is 10.1. The smallest absolute Gasteiger partial charge is 0.335 e. The number of fused-ring (bicyclic) bond motifs is 3. The Morgan fingerprint density at radius 1 is 1.15 bits per heavy atom. The normalized spacial score (nSPS) is 11.1. The van der Waals surface area contributed by atoms with Crippen LogP contribution in [-0.2, 0) is 6.54 Å². The molecule has 0 bridgehead atoms. The zero-order chi connectivity index (χ0) is 14.3. The van der Waals surface area contributed by atoms with Gasteiger partial charge in [0.05, 0.1) is 18.2 Å². The van der Waals surface area contributed by atoms with Crippen molar-refractivity contribution >= 4 is 27.8 Å². The fraction of sp³-hybridized carbons (Fsp3) is 0.188. The van der Waals surface area contributed by atoms with Crippen molar-refractivity contribution in [3.05, 3.63) is 42.0 Å². The number of aromatic carboxylic acids is 1. The monoisotopic (exact) mass is 269 g/mol. The molecule has 102 valence electrons. The lowest BCUT2D eigenvalue weighted by Gasteiger charge is -2.04. The van der Waals surface area contributed by atoms with Gasteiger partial charge in [-0.25, -0.2) is 4.79 Å². The Labute approximate surface area is 116 Å². The first-order valence-electron chi connectivity index (χ1n) is 6.49. The second kappa shape index (κ2) is 4.56. The second-order valence-corrected chi connectivity index (χ2v) is 4.66. The van der Waals surface area contributed by atoms with E-state index in [4.69, 9.17) is 9.84 Å². The molecule has 0 atom stereocenters. The lowest BCUT2D eigenvalue weighted by Crippen LogP contribution is -1.96. The summed E-state index contributed by atoms with van der Waals surface area (Å²) in [5.74, 6) is -0.105. The van der Waals surface area contributed by atoms with E-state index in [2.05, 4.69) is 11.5 Å². The number of benzene rings is 2. The van der Waals surface area contributed by atoms with Gasteiger partial charge in [-0.3, -0.25) is 0 Å². The van der Waals surface area contributed by atoms with Crippen LogP contribution in [0.25, 0.3) is 21.8 Å². The van der Waals surface area contributed by atoms with Crippen LogP contribution in [0.3, 0.4) is 0 Å². The predicted octanol–water partition coefficient (Wildman–Crippen LogP) is 3.52. The van der Waals surface area contributed by atoms with Gasteiger partial charge in [0.25, 0.3) is 0 Å². The van der Waals surface area contributed by atoms with Gasteiger partial charge in [-0.05, 0) is 37.3 Å². The Kier molecular flexibility index (Phi) is 2.86. The summed E-state index contributed by atoms with van der Waals surface area (Å²) in [5, 5.41) is 11.1. The van der Waals surface area contributed by atoms with Gasteiger partial charge in [0.1, 0.15) is 5.75 Å². The third kappa shape index (κ3) is 1.72. The Hall–Kier alpha value is -2.49. The maximum atomic E-state index is 11.1. The van der Waals surface area contributed by atoms with Crippen molar-refractivity contribution in [2.45, 2.75) is 13.5 Å². The number of hydrogen-bond acceptors (Lipinski definition) is 2. The average Bonchev–Trinajstić information content (AvgIpc) is 2.78. The summed E-state index contributed by atoms with van der Waals surface area (Å²) in [5.41, 5.74) is 2.41. The zero-order valence-electron chi connectivity index (χ0n) is 11.4. The number of carbonyl (C=O) groups is 1. The molecule has 3 aromatic rings. The number of nitrogens with zero attached hydrogens (tertiary/aromatic N) is 1. The molecule has 0 amide bonds. The summed E-state index contributed by atoms with van der Waals surface area (Å²) in [6.07, 6.45) is 0. The van der Waals surface area contributed by atoms with Crippen molar-refractivity contribution in [2.75, 3.05) is 7.11 Å². The fourth-order valence-corrected chi connectivity index (χ4v) is 2.68. The van der Waals surface area contributed by atoms with Crippen LogP contribution in [-0.4, -0.2) is 22.8 Å². The van der Waals surface area contributed by atoms with Crippen molar-refractivity contribution in [2.24, 2.45) is 0 Å². The first-order valence-corrected chi connectivity index (χ1v) is 6.49. The highest BCUT2D eigenvalue weighted by Crippen LogP contribution is 2.32. The second-order valence-electron chi connectivity index (χ2n) is 4.66. The van der Waals surface area contributed by atoms with Crippen LogP contribution < -0.4 is 4.74 Å². The largest absolute Gasteiger partial charge is 0.497 e. The molecule has 1 heterocycles. The number of carboxylic acid groups (broad SMARTS) is 1. The number of methoxy groups -OCH3 is 1. The summed E-state index contributed by atoms with van der Waals surface area (Å²) < 4.78 is 7.44. The topological polar surface area (TPSA) is 51.5 Å². The van der Waals surface area contributed by atoms with Gasteiger partial charge in [0.15, 0.2) is 0 Å². The van der Waals surface area contributed by atoms with Crippen LogP contribution in [0.15, 0.2) is 36.4 Å². The molecule has 3 rings (SSSR count). The van der Waals surface area contributed by atoms with Crippen LogP contribution >= 0.6 is 0 Å². The molecule has 0 saturated carbocycles. The summed E-state index contributed by atoms with van der Waals surface area (Å²) >= 11 is 0. The molecule has 0 aliphatic carbocycles. The van der Waals surface area contributed by atoms with Crippen LogP contribution in [0.2, 0.25) is 0 Å². The molecule has 0 saturated heterocycles. The molecule has 0 unspecified atom stereocenters. The molecule has 4 heteroatoms. The molecule has 1 N–H and O–H groups in total. The molecule has 1 aromatic heterocycles. The molecule has 0 spiro atoms. The van der Waals surface area contributed by atoms with Crippen molar-refractivity contribution in [1.29, 1.82) is 0 Å². The average molecular weight is 269 g/mol. The van der Waals surface area contributed by atoms with Crippen LogP contribution in [0.5, 0.6) is 5.75 Å². The predicted molar refractivity (Wildman–Crippen MR) is 78.6 cm³/mol. The van der Waals surface area contributed by atoms with E-state index in [1.807, 2.05) is 24.3 Å². The van der Waals surface area contributed by atoms with Gasteiger partial charge < -0.3 is 14.4 Å². The number of ether oxygens (including phenoxy) is 1. The van der Waals surface area contributed by atoms with Crippen LogP contribution in [0.4, 0.5) is 0 Å². The molecule has 0 radical (unpaired) electrons. The Morgan fingerprint density at radius 3 is 2.60 bits per heavy atom. The number of aromatic nitrogens is 1. The third-order valence-electron chi connectivity index (χ3n) is 3.64. The number of rotatable bonds is 3. The number of carboxylic acids is 1. The van der Waals surface area contributed by atoms with Crippen LogP contribution in [0, 0.1) is 0 Å². The molecule has 0 fully saturated rings. The highest BCUT2D eigenvalue weighted by Gasteiger charge is 2.12. The van der Waals surface area contributed by atoms with Crippen molar-refractivity contribution in [3.8, 4) is 5.75 Å². The third-order valence-corrected chi connectivity index (χ3v) is 3.64. The van der Waals surface area contributed by atoms with Gasteiger partial charge in [0.2, 0.25) is 0 Å². The summed E-state index contributed by atoms with van der Waals surface area (Å²) in [6, 6.07) is 11.1. The van der Waals surface area contributed by atoms with Crippen molar-refractivity contribution in [3.63, 3.8) is 0 Å². The van der Waals surface area contributed by atoms with E-state index in [1.165, 1.54) is 0 Å². The molecule has 2 aromatic carbocycles. The standard InChI is InChI=1S/C16H15NO3/c1-3-17-14-7-4-10(16(18)19)8-13(14)12-6-5-11(20-2)9-15(12)17/h4-9H,3H2,1-2H3,(H,18,19). The van der Waals surface area contributed by atoms with Crippen molar-refractivity contribution in [1.82, 2.24) is 4.57 Å². The lowest BCUT2D eigenvalue weighted by molar-refractivity contribution is 0.0697. The SMILES string of the molecule is CCn1c2ccc(C(=O)O)cc2c2ccc(OC)cc21. The van der Waals surface area contributed by atoms with E-state index >= 15 is 0 Å². The minimum absolute atomic E-state index is 0.309. The molecule has 0 aliphatic rings. The van der Waals surface area contributed by atoms with E-state index in [1.54, 1.807) is 19.2 Å². The molecule has 20 heavy (non-hydrogen) atoms. The summed E-state index contributed by atoms with van der Waals surface area (Å²) in [4.78, 5) is 11.1. The van der Waals surface area contributed by atoms with E-state index in [0.717, 1.165) is 34.1 Å². The van der Waals surface area contributed by atoms with Gasteiger partial charge in [-0.15, -0.1) is 0 Å². The quantitative estimate of drug-likeness (QED) is 0.791. The Bertz CT molecular complexity index is 817. The minimum atomic E-state index is -0.905. The van der Waals surface area contributed by atoms with Gasteiger partial charge in [-0.1, -0.05) is 0 Å². The zero-order valence-corrected chi connectivity index (χ0v) is 11.4. The Balaban J connectivity index is 2.43. The Morgan fingerprint density at radius 2 is 1.95 bits per heavy atom. The number of hydrogen-bond donors (Lipinski definition) is 1. The summed E-state index contributed by atoms with van der Waals surface area (Å²) in [6.45, 7) is 2.89. The van der Waals surface area contributed by atoms with Crippen LogP contribution in [0.1, 0.15) is 17.3 Å². The first kappa shape index (κ1) is 12.5. The molecular weight excluding hydrogens is 254 g/mol. The van der Waals surface area contributed by atoms with Gasteiger partial charge in [-0.2, -0.15) is 0 Å². The summed E-state index contributed by atoms with van der Waals surface area (Å²) in [7, 11) is 1.64. The number of aryl methyl sites for hydroxylation is 1. The van der Waals surface area contributed by atoms with Gasteiger partial charge in [0, 0.05) is 28.9 Å². The maximum Gasteiger partial charge on any atom is 0.335 e. The van der Waals surface area contributed by atoms with E-state index in [-0.39, 0.29) is 0 Å². The van der Waals surface area contributed by atoms with E-state index in [9.17, 15) is 4.79 Å². The molecule has 0 aliphatic heterocycles. The highest BCUT2D eigenvalue weighted by atomic mass is 16.5. The fourth-order valence-electron chi connectivity index (χ4n) is 2.68.